The molecular formula is C14H19NO4S. The molecule has 20 heavy (non-hydrogen) atoms. The summed E-state index contributed by atoms with van der Waals surface area (Å²) in [6, 6.07) is 8.88. The van der Waals surface area contributed by atoms with Crippen LogP contribution in [0.15, 0.2) is 30.3 Å². The van der Waals surface area contributed by atoms with Gasteiger partial charge in [0.2, 0.25) is 5.91 Å². The van der Waals surface area contributed by atoms with Crippen LogP contribution >= 0.6 is 0 Å². The molecule has 1 atom stereocenters. The van der Waals surface area contributed by atoms with E-state index in [2.05, 4.69) is 0 Å². The Kier molecular flexibility index (Phi) is 4.77. The summed E-state index contributed by atoms with van der Waals surface area (Å²) >= 11 is 0. The van der Waals surface area contributed by atoms with Crippen LogP contribution in [0.25, 0.3) is 0 Å². The average Bonchev–Trinajstić information content (AvgIpc) is 2.74. The van der Waals surface area contributed by atoms with E-state index in [9.17, 15) is 18.3 Å². The predicted octanol–water partition coefficient (Wildman–Crippen LogP) is 0.585. The molecule has 0 aromatic heterocycles. The van der Waals surface area contributed by atoms with Gasteiger partial charge in [-0.25, -0.2) is 8.42 Å². The average molecular weight is 297 g/mol. The van der Waals surface area contributed by atoms with Crippen molar-refractivity contribution in [3.05, 3.63) is 35.9 Å². The van der Waals surface area contributed by atoms with E-state index in [-0.39, 0.29) is 24.0 Å². The molecule has 1 heterocycles. The van der Waals surface area contributed by atoms with E-state index in [1.807, 2.05) is 6.07 Å². The highest BCUT2D eigenvalue weighted by atomic mass is 32.2. The van der Waals surface area contributed by atoms with Crippen LogP contribution in [0.2, 0.25) is 0 Å². The summed E-state index contributed by atoms with van der Waals surface area (Å²) in [7, 11) is -3.38. The maximum absolute atomic E-state index is 12.0. The van der Waals surface area contributed by atoms with E-state index in [0.717, 1.165) is 6.42 Å². The summed E-state index contributed by atoms with van der Waals surface area (Å²) in [6.07, 6.45) is 0.247. The molecule has 1 aromatic carbocycles. The van der Waals surface area contributed by atoms with Gasteiger partial charge in [0.25, 0.3) is 0 Å². The second-order valence-electron chi connectivity index (χ2n) is 5.14. The van der Waals surface area contributed by atoms with Crippen molar-refractivity contribution in [2.75, 3.05) is 18.8 Å². The summed E-state index contributed by atoms with van der Waals surface area (Å²) in [5.41, 5.74) is 0.706. The highest BCUT2D eigenvalue weighted by Gasteiger charge is 2.25. The first-order valence-corrected chi connectivity index (χ1v) is 8.48. The largest absolute Gasteiger partial charge is 0.390 e. The fraction of sp³-hybridized carbons (Fsp3) is 0.500. The Morgan fingerprint density at radius 2 is 1.95 bits per heavy atom. The summed E-state index contributed by atoms with van der Waals surface area (Å²) in [4.78, 5) is 13.0. The minimum Gasteiger partial charge on any atom is -0.390 e. The Morgan fingerprint density at radius 3 is 2.55 bits per heavy atom. The number of rotatable bonds is 6. The number of hydrogen-bond donors (Lipinski definition) is 1. The van der Waals surface area contributed by atoms with Gasteiger partial charge in [-0.2, -0.15) is 0 Å². The second-order valence-corrected chi connectivity index (χ2v) is 7.25. The molecule has 1 aliphatic heterocycles. The molecule has 1 saturated heterocycles. The van der Waals surface area contributed by atoms with Gasteiger partial charge in [0.1, 0.15) is 0 Å². The lowest BCUT2D eigenvalue weighted by Gasteiger charge is -2.19. The second kappa shape index (κ2) is 6.37. The lowest BCUT2D eigenvalue weighted by molar-refractivity contribution is -0.128. The monoisotopic (exact) mass is 297 g/mol. The van der Waals surface area contributed by atoms with E-state index >= 15 is 0 Å². The van der Waals surface area contributed by atoms with Crippen LogP contribution in [0.1, 0.15) is 18.4 Å². The standard InChI is InChI=1S/C14H19NO4S/c16-13(9-15-8-4-7-14(15)17)11-20(18,19)10-12-5-2-1-3-6-12/h1-3,5-6,13,16H,4,7-11H2/t13-/m1/s1. The van der Waals surface area contributed by atoms with E-state index in [4.69, 9.17) is 0 Å². The number of carbonyl (C=O) groups excluding carboxylic acids is 1. The Morgan fingerprint density at radius 1 is 1.25 bits per heavy atom. The highest BCUT2D eigenvalue weighted by Crippen LogP contribution is 2.12. The van der Waals surface area contributed by atoms with Gasteiger partial charge < -0.3 is 10.0 Å². The zero-order valence-corrected chi connectivity index (χ0v) is 12.1. The van der Waals surface area contributed by atoms with Crippen molar-refractivity contribution >= 4 is 15.7 Å². The van der Waals surface area contributed by atoms with Crippen LogP contribution in [-0.2, 0) is 20.4 Å². The Hall–Kier alpha value is -1.40. The maximum atomic E-state index is 12.0. The molecule has 0 bridgehead atoms. The molecule has 0 radical (unpaired) electrons. The number of amides is 1. The van der Waals surface area contributed by atoms with Crippen LogP contribution in [0.4, 0.5) is 0 Å². The Labute approximate surface area is 119 Å². The van der Waals surface area contributed by atoms with Gasteiger partial charge in [-0.05, 0) is 12.0 Å². The molecule has 6 heteroatoms. The number of carbonyl (C=O) groups is 1. The number of aliphatic hydroxyl groups excluding tert-OH is 1. The van der Waals surface area contributed by atoms with Crippen molar-refractivity contribution in [1.29, 1.82) is 0 Å². The number of β-amino-alcohol motifs (C(OH)–C–C–N with tert-alkyl or cyclic N) is 1. The van der Waals surface area contributed by atoms with Crippen molar-refractivity contribution in [3.8, 4) is 0 Å². The maximum Gasteiger partial charge on any atom is 0.222 e. The molecule has 2 rings (SSSR count). The normalized spacial score (nSPS) is 17.4. The zero-order valence-electron chi connectivity index (χ0n) is 11.2. The molecule has 0 spiro atoms. The first kappa shape index (κ1) is 15.0. The fourth-order valence-electron chi connectivity index (χ4n) is 2.38. The van der Waals surface area contributed by atoms with Gasteiger partial charge in [0.05, 0.1) is 17.6 Å². The van der Waals surface area contributed by atoms with Gasteiger partial charge in [-0.3, -0.25) is 4.79 Å². The third-order valence-corrected chi connectivity index (χ3v) is 4.94. The predicted molar refractivity (Wildman–Crippen MR) is 75.8 cm³/mol. The van der Waals surface area contributed by atoms with Gasteiger partial charge in [-0.1, -0.05) is 30.3 Å². The first-order valence-electron chi connectivity index (χ1n) is 6.66. The molecule has 0 aliphatic carbocycles. The molecule has 110 valence electrons. The Balaban J connectivity index is 1.89. The lowest BCUT2D eigenvalue weighted by atomic mass is 10.2. The smallest absolute Gasteiger partial charge is 0.222 e. The van der Waals surface area contributed by atoms with Crippen molar-refractivity contribution in [2.45, 2.75) is 24.7 Å². The molecule has 5 nitrogen and oxygen atoms in total. The highest BCUT2D eigenvalue weighted by molar-refractivity contribution is 7.90. The Bertz CT molecular complexity index is 556. The number of benzene rings is 1. The van der Waals surface area contributed by atoms with Crippen LogP contribution in [0, 0.1) is 0 Å². The number of hydrogen-bond acceptors (Lipinski definition) is 4. The van der Waals surface area contributed by atoms with Crippen molar-refractivity contribution in [2.24, 2.45) is 0 Å². The number of aliphatic hydroxyl groups is 1. The molecular weight excluding hydrogens is 278 g/mol. The van der Waals surface area contributed by atoms with Gasteiger partial charge in [0.15, 0.2) is 9.84 Å². The van der Waals surface area contributed by atoms with Crippen molar-refractivity contribution in [1.82, 2.24) is 4.90 Å². The summed E-state index contributed by atoms with van der Waals surface area (Å²) in [5.74, 6) is -0.408. The van der Waals surface area contributed by atoms with Crippen molar-refractivity contribution < 1.29 is 18.3 Å². The number of likely N-dealkylation sites (tertiary alicyclic amines) is 1. The zero-order chi connectivity index (χ0) is 14.6. The molecule has 1 N–H and O–H groups in total. The lowest BCUT2D eigenvalue weighted by Crippen LogP contribution is -2.37. The minimum atomic E-state index is -3.38. The van der Waals surface area contributed by atoms with Crippen molar-refractivity contribution in [3.63, 3.8) is 0 Å². The quantitative estimate of drug-likeness (QED) is 0.833. The van der Waals surface area contributed by atoms with E-state index in [1.165, 1.54) is 4.90 Å². The topological polar surface area (TPSA) is 74.7 Å². The fourth-order valence-corrected chi connectivity index (χ4v) is 3.89. The van der Waals surface area contributed by atoms with E-state index in [1.54, 1.807) is 24.3 Å². The van der Waals surface area contributed by atoms with Gasteiger partial charge in [-0.15, -0.1) is 0 Å². The molecule has 1 aromatic rings. The SMILES string of the molecule is O=C1CCCN1C[C@@H](O)CS(=O)(=O)Cc1ccccc1. The van der Waals surface area contributed by atoms with Gasteiger partial charge >= 0.3 is 0 Å². The first-order chi connectivity index (χ1) is 9.46. The summed E-state index contributed by atoms with van der Waals surface area (Å²) in [5, 5.41) is 9.87. The van der Waals surface area contributed by atoms with Crippen LogP contribution < -0.4 is 0 Å². The molecule has 1 amide bonds. The minimum absolute atomic E-state index is 0.00972. The number of nitrogens with zero attached hydrogens (tertiary/aromatic N) is 1. The third-order valence-electron chi connectivity index (χ3n) is 3.28. The van der Waals surface area contributed by atoms with E-state index < -0.39 is 15.9 Å². The molecule has 0 unspecified atom stereocenters. The number of sulfone groups is 1. The third kappa shape index (κ3) is 4.31. The summed E-state index contributed by atoms with van der Waals surface area (Å²) in [6.45, 7) is 0.710. The van der Waals surface area contributed by atoms with E-state index in [0.29, 0.717) is 18.5 Å². The molecule has 1 fully saturated rings. The van der Waals surface area contributed by atoms with Crippen LogP contribution in [0.3, 0.4) is 0 Å². The summed E-state index contributed by atoms with van der Waals surface area (Å²) < 4.78 is 24.0. The van der Waals surface area contributed by atoms with Gasteiger partial charge in [0, 0.05) is 19.5 Å². The molecule has 0 saturated carbocycles. The van der Waals surface area contributed by atoms with Crippen LogP contribution in [0.5, 0.6) is 0 Å². The van der Waals surface area contributed by atoms with Crippen LogP contribution in [-0.4, -0.2) is 49.3 Å². The molecule has 1 aliphatic rings.